The summed E-state index contributed by atoms with van der Waals surface area (Å²) in [5, 5.41) is 11.8. The maximum absolute atomic E-state index is 6.78. The minimum Gasteiger partial charge on any atom is -0.455 e. The van der Waals surface area contributed by atoms with Crippen LogP contribution in [-0.2, 0) is 0 Å². The van der Waals surface area contributed by atoms with Gasteiger partial charge in [-0.1, -0.05) is 146 Å². The second-order valence-electron chi connectivity index (χ2n) is 13.5. The summed E-state index contributed by atoms with van der Waals surface area (Å²) in [4.78, 5) is 15.4. The molecule has 2 aromatic heterocycles. The molecule has 0 aliphatic carbocycles. The smallest absolute Gasteiger partial charge is 0.164 e. The van der Waals surface area contributed by atoms with E-state index in [0.29, 0.717) is 17.5 Å². The van der Waals surface area contributed by atoms with Gasteiger partial charge in [0, 0.05) is 33.0 Å². The summed E-state index contributed by atoms with van der Waals surface area (Å²) in [7, 11) is 0. The normalized spacial score (nSPS) is 11.8. The van der Waals surface area contributed by atoms with E-state index in [0.717, 1.165) is 55.1 Å². The highest BCUT2D eigenvalue weighted by atomic mass is 16.3. The van der Waals surface area contributed by atoms with E-state index in [1.165, 1.54) is 37.7 Å². The zero-order chi connectivity index (χ0) is 34.9. The average Bonchev–Trinajstić information content (AvgIpc) is 3.63. The monoisotopic (exact) mass is 675 g/mol. The molecule has 0 radical (unpaired) electrons. The highest BCUT2D eigenvalue weighted by molar-refractivity contribution is 6.26. The molecule has 246 valence electrons. The Morgan fingerprint density at radius 2 is 0.868 bits per heavy atom. The van der Waals surface area contributed by atoms with E-state index in [2.05, 4.69) is 133 Å². The van der Waals surface area contributed by atoms with E-state index in [4.69, 9.17) is 19.4 Å². The minimum atomic E-state index is 0.598. The van der Waals surface area contributed by atoms with Gasteiger partial charge in [-0.05, 0) is 79.0 Å². The van der Waals surface area contributed by atoms with Gasteiger partial charge >= 0.3 is 0 Å². The summed E-state index contributed by atoms with van der Waals surface area (Å²) >= 11 is 0. The van der Waals surface area contributed by atoms with E-state index in [1.54, 1.807) is 0 Å². The fraction of sp³-hybridized carbons (Fsp3) is 0. The molecule has 0 saturated carbocycles. The van der Waals surface area contributed by atoms with Crippen molar-refractivity contribution in [2.75, 3.05) is 0 Å². The fourth-order valence-corrected chi connectivity index (χ4v) is 7.99. The van der Waals surface area contributed by atoms with Crippen LogP contribution in [0.5, 0.6) is 0 Å². The van der Waals surface area contributed by atoms with Crippen molar-refractivity contribution in [3.63, 3.8) is 0 Å². The third-order valence-corrected chi connectivity index (χ3v) is 10.5. The average molecular weight is 676 g/mol. The van der Waals surface area contributed by atoms with Crippen LogP contribution in [0.25, 0.3) is 110 Å². The standard InChI is InChI=1S/C49H29N3O/c1-2-13-31(14-3-1)47-50-48(34-23-22-30-12-4-5-15-32(30)28-34)52-49(51-47)42-27-26-35(46-45(42)41-20-10-11-21-44(41)53-46)33-24-25-40-38-18-7-6-16-36(38)37-17-8-9-19-39(37)43(40)29-33/h1-29H. The first-order chi connectivity index (χ1) is 26.3. The Bertz CT molecular complexity index is 3200. The van der Waals surface area contributed by atoms with Crippen LogP contribution in [0.4, 0.5) is 0 Å². The lowest BCUT2D eigenvalue weighted by Gasteiger charge is -2.13. The highest BCUT2D eigenvalue weighted by Gasteiger charge is 2.21. The van der Waals surface area contributed by atoms with Gasteiger partial charge in [-0.2, -0.15) is 0 Å². The number of hydrogen-bond acceptors (Lipinski definition) is 4. The summed E-state index contributed by atoms with van der Waals surface area (Å²) in [5.41, 5.74) is 6.50. The van der Waals surface area contributed by atoms with Gasteiger partial charge in [-0.3, -0.25) is 0 Å². The van der Waals surface area contributed by atoms with Gasteiger partial charge < -0.3 is 4.42 Å². The second-order valence-corrected chi connectivity index (χ2v) is 13.5. The maximum atomic E-state index is 6.78. The summed E-state index contributed by atoms with van der Waals surface area (Å²) < 4.78 is 6.78. The van der Waals surface area contributed by atoms with Crippen LogP contribution in [0.15, 0.2) is 180 Å². The Kier molecular flexibility index (Phi) is 6.52. The SMILES string of the molecule is c1ccc(-c2nc(-c3ccc4ccccc4c3)nc(-c3ccc(-c4ccc5c6ccccc6c6ccccc6c5c4)c4oc5ccccc5c34)n2)cc1. The van der Waals surface area contributed by atoms with Crippen molar-refractivity contribution in [1.82, 2.24) is 15.0 Å². The third-order valence-electron chi connectivity index (χ3n) is 10.5. The minimum absolute atomic E-state index is 0.598. The molecule has 53 heavy (non-hydrogen) atoms. The lowest BCUT2D eigenvalue weighted by atomic mass is 9.91. The van der Waals surface area contributed by atoms with Crippen LogP contribution >= 0.6 is 0 Å². The van der Waals surface area contributed by atoms with E-state index < -0.39 is 0 Å². The number of fused-ring (bicyclic) bond motifs is 10. The highest BCUT2D eigenvalue weighted by Crippen LogP contribution is 2.43. The summed E-state index contributed by atoms with van der Waals surface area (Å²) in [6.45, 7) is 0. The number of para-hydroxylation sites is 1. The molecule has 0 atom stereocenters. The van der Waals surface area contributed by atoms with Gasteiger partial charge in [0.2, 0.25) is 0 Å². The Hall–Kier alpha value is -7.17. The van der Waals surface area contributed by atoms with Gasteiger partial charge in [0.1, 0.15) is 11.2 Å². The largest absolute Gasteiger partial charge is 0.455 e. The third kappa shape index (κ3) is 4.73. The Balaban J connectivity index is 1.16. The van der Waals surface area contributed by atoms with Crippen LogP contribution in [-0.4, -0.2) is 15.0 Å². The fourth-order valence-electron chi connectivity index (χ4n) is 7.99. The number of hydrogen-bond donors (Lipinski definition) is 0. The van der Waals surface area contributed by atoms with Gasteiger partial charge in [0.05, 0.1) is 0 Å². The van der Waals surface area contributed by atoms with Crippen LogP contribution < -0.4 is 0 Å². The molecule has 9 aromatic carbocycles. The van der Waals surface area contributed by atoms with Gasteiger partial charge in [-0.15, -0.1) is 0 Å². The lowest BCUT2D eigenvalue weighted by Crippen LogP contribution is -2.00. The van der Waals surface area contributed by atoms with E-state index >= 15 is 0 Å². The molecule has 0 fully saturated rings. The number of aromatic nitrogens is 3. The molecule has 0 N–H and O–H groups in total. The van der Waals surface area contributed by atoms with Crippen molar-refractivity contribution in [3.8, 4) is 45.3 Å². The molecule has 0 aliphatic heterocycles. The molecule has 11 rings (SSSR count). The summed E-state index contributed by atoms with van der Waals surface area (Å²) in [6.07, 6.45) is 0. The first-order valence-electron chi connectivity index (χ1n) is 17.9. The number of furan rings is 1. The van der Waals surface area contributed by atoms with Crippen molar-refractivity contribution < 1.29 is 4.42 Å². The van der Waals surface area contributed by atoms with Crippen molar-refractivity contribution in [3.05, 3.63) is 176 Å². The number of benzene rings is 9. The Morgan fingerprint density at radius 1 is 0.321 bits per heavy atom. The first kappa shape index (κ1) is 29.5. The van der Waals surface area contributed by atoms with E-state index in [1.807, 2.05) is 42.5 Å². The topological polar surface area (TPSA) is 51.8 Å². The summed E-state index contributed by atoms with van der Waals surface area (Å²) in [5.74, 6) is 1.84. The van der Waals surface area contributed by atoms with Crippen LogP contribution in [0.3, 0.4) is 0 Å². The molecule has 0 spiro atoms. The van der Waals surface area contributed by atoms with Crippen molar-refractivity contribution in [2.24, 2.45) is 0 Å². The molecule has 0 unspecified atom stereocenters. The Labute approximate surface area is 304 Å². The predicted octanol–water partition coefficient (Wildman–Crippen LogP) is 13.1. The van der Waals surface area contributed by atoms with Crippen molar-refractivity contribution in [1.29, 1.82) is 0 Å². The van der Waals surface area contributed by atoms with Gasteiger partial charge in [0.25, 0.3) is 0 Å². The second kappa shape index (κ2) is 11.7. The molecule has 0 aliphatic rings. The molecule has 11 aromatic rings. The van der Waals surface area contributed by atoms with Crippen LogP contribution in [0.2, 0.25) is 0 Å². The molecule has 4 nitrogen and oxygen atoms in total. The van der Waals surface area contributed by atoms with Gasteiger partial charge in [0.15, 0.2) is 17.5 Å². The molecular formula is C49H29N3O. The quantitative estimate of drug-likeness (QED) is 0.174. The zero-order valence-electron chi connectivity index (χ0n) is 28.5. The van der Waals surface area contributed by atoms with E-state index in [9.17, 15) is 0 Å². The molecule has 4 heteroatoms. The molecule has 0 saturated heterocycles. The van der Waals surface area contributed by atoms with Crippen LogP contribution in [0.1, 0.15) is 0 Å². The first-order valence-corrected chi connectivity index (χ1v) is 17.9. The molecular weight excluding hydrogens is 647 g/mol. The molecule has 0 amide bonds. The van der Waals surface area contributed by atoms with Crippen LogP contribution in [0, 0.1) is 0 Å². The Morgan fingerprint density at radius 3 is 1.62 bits per heavy atom. The van der Waals surface area contributed by atoms with Crippen molar-refractivity contribution >= 4 is 65.0 Å². The van der Waals surface area contributed by atoms with E-state index in [-0.39, 0.29) is 0 Å². The lowest BCUT2D eigenvalue weighted by molar-refractivity contribution is 0.670. The number of rotatable bonds is 4. The predicted molar refractivity (Wildman–Crippen MR) is 219 cm³/mol. The molecule has 2 heterocycles. The molecule has 0 bridgehead atoms. The van der Waals surface area contributed by atoms with Gasteiger partial charge in [-0.25, -0.2) is 15.0 Å². The zero-order valence-corrected chi connectivity index (χ0v) is 28.5. The number of nitrogens with zero attached hydrogens (tertiary/aromatic N) is 3. The summed E-state index contributed by atoms with van der Waals surface area (Å²) in [6, 6.07) is 61.6. The maximum Gasteiger partial charge on any atom is 0.164 e. The van der Waals surface area contributed by atoms with Crippen molar-refractivity contribution in [2.45, 2.75) is 0 Å².